The zero-order valence-electron chi connectivity index (χ0n) is 8.04. The van der Waals surface area contributed by atoms with Crippen LogP contribution in [0.4, 0.5) is 5.69 Å². The molecule has 2 heteroatoms. The van der Waals surface area contributed by atoms with E-state index in [1.165, 1.54) is 5.56 Å². The molecule has 1 aromatic carbocycles. The molecule has 0 amide bonds. The van der Waals surface area contributed by atoms with Crippen LogP contribution in [-0.2, 0) is 6.54 Å². The molecule has 68 valence electrons. The molecule has 0 atom stereocenters. The van der Waals surface area contributed by atoms with Crippen molar-refractivity contribution in [3.05, 3.63) is 41.2 Å². The van der Waals surface area contributed by atoms with Crippen LogP contribution in [0.1, 0.15) is 19.4 Å². The summed E-state index contributed by atoms with van der Waals surface area (Å²) in [7, 11) is 0. The summed E-state index contributed by atoms with van der Waals surface area (Å²) in [4.78, 5) is 3.34. The molecule has 1 N–H and O–H groups in total. The minimum Gasteiger partial charge on any atom is -0.310 e. The lowest BCUT2D eigenvalue weighted by molar-refractivity contribution is 0.589. The van der Waals surface area contributed by atoms with E-state index in [2.05, 4.69) is 24.0 Å². The molecule has 0 aromatic heterocycles. The van der Waals surface area contributed by atoms with Crippen molar-refractivity contribution in [2.24, 2.45) is 0 Å². The van der Waals surface area contributed by atoms with Gasteiger partial charge >= 0.3 is 0 Å². The second-order valence-corrected chi connectivity index (χ2v) is 3.31. The van der Waals surface area contributed by atoms with Crippen LogP contribution in [0.15, 0.2) is 24.3 Å². The highest BCUT2D eigenvalue weighted by atomic mass is 14.9. The second kappa shape index (κ2) is 4.64. The normalized spacial score (nSPS) is 10.0. The van der Waals surface area contributed by atoms with Crippen molar-refractivity contribution in [2.75, 3.05) is 0 Å². The Labute approximate surface area is 79.4 Å². The fourth-order valence-corrected chi connectivity index (χ4v) is 1.01. The topological polar surface area (TPSA) is 16.4 Å². The number of benzene rings is 1. The first-order valence-electron chi connectivity index (χ1n) is 4.42. The summed E-state index contributed by atoms with van der Waals surface area (Å²) in [6.45, 7) is 11.9. The smallest absolute Gasteiger partial charge is 0.187 e. The van der Waals surface area contributed by atoms with Gasteiger partial charge in [0.25, 0.3) is 0 Å². The third-order valence-corrected chi connectivity index (χ3v) is 1.78. The lowest BCUT2D eigenvalue weighted by Gasteiger charge is -2.07. The molecule has 0 aliphatic heterocycles. The number of nitrogens with zero attached hydrogens (tertiary/aromatic N) is 1. The van der Waals surface area contributed by atoms with Gasteiger partial charge in [-0.05, 0) is 5.56 Å². The number of hydrogen-bond donors (Lipinski definition) is 1. The van der Waals surface area contributed by atoms with Gasteiger partial charge in [-0.3, -0.25) is 0 Å². The average molecular weight is 174 g/mol. The lowest BCUT2D eigenvalue weighted by Crippen LogP contribution is -2.21. The van der Waals surface area contributed by atoms with Crippen LogP contribution in [0.3, 0.4) is 0 Å². The van der Waals surface area contributed by atoms with Crippen molar-refractivity contribution >= 4 is 5.69 Å². The summed E-state index contributed by atoms with van der Waals surface area (Å²) in [5.41, 5.74) is 1.93. The van der Waals surface area contributed by atoms with Gasteiger partial charge in [-0.2, -0.15) is 0 Å². The van der Waals surface area contributed by atoms with Gasteiger partial charge in [0, 0.05) is 12.6 Å². The van der Waals surface area contributed by atoms with Crippen LogP contribution < -0.4 is 5.32 Å². The Hall–Kier alpha value is -1.33. The molecule has 0 spiro atoms. The van der Waals surface area contributed by atoms with Crippen LogP contribution in [0.5, 0.6) is 0 Å². The van der Waals surface area contributed by atoms with E-state index in [4.69, 9.17) is 6.57 Å². The minimum absolute atomic E-state index is 0.500. The molecule has 0 unspecified atom stereocenters. The Kier molecular flexibility index (Phi) is 3.48. The first-order valence-corrected chi connectivity index (χ1v) is 4.42. The Balaban J connectivity index is 2.55. The fourth-order valence-electron chi connectivity index (χ4n) is 1.01. The van der Waals surface area contributed by atoms with Gasteiger partial charge in [-0.15, -0.1) is 0 Å². The highest BCUT2D eigenvalue weighted by Crippen LogP contribution is 2.12. The molecule has 0 bridgehead atoms. The molecule has 0 saturated heterocycles. The monoisotopic (exact) mass is 174 g/mol. The maximum atomic E-state index is 6.79. The summed E-state index contributed by atoms with van der Waals surface area (Å²) in [5, 5.41) is 3.32. The highest BCUT2D eigenvalue weighted by molar-refractivity contribution is 5.45. The van der Waals surface area contributed by atoms with Gasteiger partial charge < -0.3 is 5.32 Å². The van der Waals surface area contributed by atoms with E-state index in [1.54, 1.807) is 0 Å². The number of rotatable bonds is 3. The zero-order chi connectivity index (χ0) is 9.68. The van der Waals surface area contributed by atoms with Gasteiger partial charge in [0.05, 0.1) is 6.57 Å². The SMILES string of the molecule is [C-]#[N+]c1ccc(CNC(C)C)cc1. The lowest BCUT2D eigenvalue weighted by atomic mass is 10.2. The molecular weight excluding hydrogens is 160 g/mol. The molecule has 1 rings (SSSR count). The number of hydrogen-bond acceptors (Lipinski definition) is 1. The fraction of sp³-hybridized carbons (Fsp3) is 0.364. The van der Waals surface area contributed by atoms with Crippen molar-refractivity contribution in [3.63, 3.8) is 0 Å². The summed E-state index contributed by atoms with van der Waals surface area (Å²) >= 11 is 0. The van der Waals surface area contributed by atoms with Crippen LogP contribution >= 0.6 is 0 Å². The van der Waals surface area contributed by atoms with Gasteiger partial charge in [0.15, 0.2) is 5.69 Å². The third kappa shape index (κ3) is 3.27. The molecule has 0 fully saturated rings. The van der Waals surface area contributed by atoms with E-state index < -0.39 is 0 Å². The Bertz CT molecular complexity index is 293. The Morgan fingerprint density at radius 1 is 1.31 bits per heavy atom. The summed E-state index contributed by atoms with van der Waals surface area (Å²) in [5.74, 6) is 0. The molecule has 0 saturated carbocycles. The molecule has 2 nitrogen and oxygen atoms in total. The minimum atomic E-state index is 0.500. The largest absolute Gasteiger partial charge is 0.310 e. The quantitative estimate of drug-likeness (QED) is 0.697. The van der Waals surface area contributed by atoms with E-state index in [9.17, 15) is 0 Å². The first kappa shape index (κ1) is 9.76. The van der Waals surface area contributed by atoms with Crippen LogP contribution in [0.2, 0.25) is 0 Å². The standard InChI is InChI=1S/C11H14N2/c1-9(2)13-8-10-4-6-11(12-3)7-5-10/h4-7,9,13H,8H2,1-2H3. The van der Waals surface area contributed by atoms with E-state index in [1.807, 2.05) is 24.3 Å². The van der Waals surface area contributed by atoms with E-state index in [0.29, 0.717) is 11.7 Å². The zero-order valence-corrected chi connectivity index (χ0v) is 8.04. The van der Waals surface area contributed by atoms with Gasteiger partial charge in [0.1, 0.15) is 0 Å². The molecule has 1 aromatic rings. The molecule has 0 aliphatic rings. The van der Waals surface area contributed by atoms with Crippen molar-refractivity contribution in [3.8, 4) is 0 Å². The van der Waals surface area contributed by atoms with Crippen molar-refractivity contribution in [1.82, 2.24) is 5.32 Å². The van der Waals surface area contributed by atoms with Crippen molar-refractivity contribution in [2.45, 2.75) is 26.4 Å². The molecular formula is C11H14N2. The Morgan fingerprint density at radius 2 is 1.92 bits per heavy atom. The maximum absolute atomic E-state index is 6.79. The van der Waals surface area contributed by atoms with Crippen LogP contribution in [0, 0.1) is 6.57 Å². The van der Waals surface area contributed by atoms with E-state index in [0.717, 1.165) is 6.54 Å². The predicted octanol–water partition coefficient (Wildman–Crippen LogP) is 2.74. The average Bonchev–Trinajstić information content (AvgIpc) is 2.15. The molecule has 0 radical (unpaired) electrons. The Morgan fingerprint density at radius 3 is 2.38 bits per heavy atom. The van der Waals surface area contributed by atoms with E-state index in [-0.39, 0.29) is 0 Å². The third-order valence-electron chi connectivity index (χ3n) is 1.78. The van der Waals surface area contributed by atoms with Gasteiger partial charge in [-0.25, -0.2) is 4.85 Å². The van der Waals surface area contributed by atoms with Crippen LogP contribution in [-0.4, -0.2) is 6.04 Å². The highest BCUT2D eigenvalue weighted by Gasteiger charge is 1.95. The molecule has 13 heavy (non-hydrogen) atoms. The van der Waals surface area contributed by atoms with Gasteiger partial charge in [-0.1, -0.05) is 38.1 Å². The van der Waals surface area contributed by atoms with Crippen LogP contribution in [0.25, 0.3) is 4.85 Å². The maximum Gasteiger partial charge on any atom is 0.187 e. The first-order chi connectivity index (χ1) is 6.22. The van der Waals surface area contributed by atoms with E-state index >= 15 is 0 Å². The van der Waals surface area contributed by atoms with Gasteiger partial charge in [0.2, 0.25) is 0 Å². The summed E-state index contributed by atoms with van der Waals surface area (Å²) in [6, 6.07) is 8.18. The molecule has 0 heterocycles. The summed E-state index contributed by atoms with van der Waals surface area (Å²) < 4.78 is 0. The van der Waals surface area contributed by atoms with Crippen molar-refractivity contribution < 1.29 is 0 Å². The predicted molar refractivity (Wildman–Crippen MR) is 54.7 cm³/mol. The summed E-state index contributed by atoms with van der Waals surface area (Å²) in [6.07, 6.45) is 0. The molecule has 0 aliphatic carbocycles. The van der Waals surface area contributed by atoms with Crippen molar-refractivity contribution in [1.29, 1.82) is 0 Å². The number of nitrogens with one attached hydrogen (secondary N) is 1. The second-order valence-electron chi connectivity index (χ2n) is 3.31.